The molecule has 1 aliphatic rings. The molecular formula is C21H21N3O4. The first-order valence-corrected chi connectivity index (χ1v) is 8.79. The Balaban J connectivity index is 1.57. The molecule has 0 aliphatic carbocycles. The van der Waals surface area contributed by atoms with Gasteiger partial charge >= 0.3 is 6.09 Å². The van der Waals surface area contributed by atoms with Gasteiger partial charge in [0.2, 0.25) is 5.91 Å². The fraction of sp³-hybridized carbons (Fsp3) is 0.190. The first-order valence-electron chi connectivity index (χ1n) is 8.79. The van der Waals surface area contributed by atoms with Crippen molar-refractivity contribution in [2.24, 2.45) is 0 Å². The fourth-order valence-electron chi connectivity index (χ4n) is 2.70. The van der Waals surface area contributed by atoms with Gasteiger partial charge in [-0.3, -0.25) is 14.5 Å². The predicted octanol–water partition coefficient (Wildman–Crippen LogP) is 3.00. The maximum absolute atomic E-state index is 12.1. The third kappa shape index (κ3) is 4.56. The van der Waals surface area contributed by atoms with E-state index in [0.717, 1.165) is 11.3 Å². The van der Waals surface area contributed by atoms with Crippen LogP contribution in [0.15, 0.2) is 54.6 Å². The molecule has 1 aliphatic heterocycles. The van der Waals surface area contributed by atoms with Crippen LogP contribution in [0.3, 0.4) is 0 Å². The number of hydrogen-bond donors (Lipinski definition) is 1. The zero-order chi connectivity index (χ0) is 20.1. The summed E-state index contributed by atoms with van der Waals surface area (Å²) < 4.78 is 4.91. The highest BCUT2D eigenvalue weighted by molar-refractivity contribution is 6.02. The van der Waals surface area contributed by atoms with Crippen LogP contribution >= 0.6 is 0 Å². The maximum atomic E-state index is 12.1. The van der Waals surface area contributed by atoms with Crippen molar-refractivity contribution in [1.29, 1.82) is 0 Å². The van der Waals surface area contributed by atoms with E-state index in [1.54, 1.807) is 68.7 Å². The minimum absolute atomic E-state index is 0.0705. The van der Waals surface area contributed by atoms with E-state index in [1.165, 1.54) is 15.9 Å². The van der Waals surface area contributed by atoms with E-state index in [2.05, 4.69) is 5.32 Å². The lowest BCUT2D eigenvalue weighted by Crippen LogP contribution is -2.23. The lowest BCUT2D eigenvalue weighted by Gasteiger charge is -2.13. The van der Waals surface area contributed by atoms with E-state index in [4.69, 9.17) is 4.74 Å². The minimum atomic E-state index is -0.363. The summed E-state index contributed by atoms with van der Waals surface area (Å²) in [6.45, 7) is 0.901. The van der Waals surface area contributed by atoms with Crippen LogP contribution in [0.25, 0.3) is 6.08 Å². The van der Waals surface area contributed by atoms with Crippen LogP contribution < -0.4 is 10.2 Å². The van der Waals surface area contributed by atoms with Gasteiger partial charge in [0.1, 0.15) is 6.61 Å². The summed E-state index contributed by atoms with van der Waals surface area (Å²) in [6, 6.07) is 14.0. The SMILES string of the molecule is CN(C)C(=O)c1ccc(/C=C/C(=O)Nc2ccc(N3CCOC3=O)cc2)cc1. The number of amides is 3. The molecule has 1 heterocycles. The molecule has 0 bridgehead atoms. The Bertz CT molecular complexity index is 902. The number of ether oxygens (including phenoxy) is 1. The van der Waals surface area contributed by atoms with Crippen molar-refractivity contribution < 1.29 is 19.1 Å². The highest BCUT2D eigenvalue weighted by atomic mass is 16.6. The van der Waals surface area contributed by atoms with Crippen molar-refractivity contribution in [3.05, 3.63) is 65.7 Å². The average Bonchev–Trinajstić information content (AvgIpc) is 3.12. The third-order valence-corrected chi connectivity index (χ3v) is 4.20. The van der Waals surface area contributed by atoms with Crippen molar-refractivity contribution in [3.63, 3.8) is 0 Å². The Labute approximate surface area is 163 Å². The summed E-state index contributed by atoms with van der Waals surface area (Å²) in [5, 5.41) is 2.76. The number of anilines is 2. The molecule has 7 heteroatoms. The van der Waals surface area contributed by atoms with Gasteiger partial charge < -0.3 is 15.0 Å². The van der Waals surface area contributed by atoms with Gasteiger partial charge in [0.15, 0.2) is 0 Å². The number of carbonyl (C=O) groups is 3. The van der Waals surface area contributed by atoms with E-state index >= 15 is 0 Å². The third-order valence-electron chi connectivity index (χ3n) is 4.20. The summed E-state index contributed by atoms with van der Waals surface area (Å²) in [6.07, 6.45) is 2.74. The molecule has 0 radical (unpaired) electrons. The lowest BCUT2D eigenvalue weighted by atomic mass is 10.1. The molecule has 144 valence electrons. The van der Waals surface area contributed by atoms with Gasteiger partial charge in [-0.2, -0.15) is 0 Å². The molecule has 0 unspecified atom stereocenters. The number of hydrogen-bond acceptors (Lipinski definition) is 4. The number of carbonyl (C=O) groups excluding carboxylic acids is 3. The molecule has 2 aromatic rings. The molecule has 1 fully saturated rings. The standard InChI is InChI=1S/C21H21N3O4/c1-23(2)20(26)16-6-3-15(4-7-16)5-12-19(25)22-17-8-10-18(11-9-17)24-13-14-28-21(24)27/h3-12H,13-14H2,1-2H3,(H,22,25)/b12-5+. The van der Waals surface area contributed by atoms with Gasteiger partial charge in [-0.25, -0.2) is 4.79 Å². The predicted molar refractivity (Wildman–Crippen MR) is 107 cm³/mol. The van der Waals surface area contributed by atoms with E-state index in [1.807, 2.05) is 0 Å². The van der Waals surface area contributed by atoms with Crippen molar-refractivity contribution >= 4 is 35.4 Å². The Morgan fingerprint density at radius 3 is 2.32 bits per heavy atom. The van der Waals surface area contributed by atoms with E-state index in [0.29, 0.717) is 24.4 Å². The van der Waals surface area contributed by atoms with Gasteiger partial charge in [-0.05, 0) is 48.0 Å². The number of nitrogens with zero attached hydrogens (tertiary/aromatic N) is 2. The maximum Gasteiger partial charge on any atom is 0.414 e. The quantitative estimate of drug-likeness (QED) is 0.810. The number of benzene rings is 2. The molecule has 0 spiro atoms. The van der Waals surface area contributed by atoms with Gasteiger partial charge in [-0.1, -0.05) is 12.1 Å². The summed E-state index contributed by atoms with van der Waals surface area (Å²) >= 11 is 0. The van der Waals surface area contributed by atoms with Crippen molar-refractivity contribution in [2.45, 2.75) is 0 Å². The molecule has 0 aromatic heterocycles. The topological polar surface area (TPSA) is 79.0 Å². The minimum Gasteiger partial charge on any atom is -0.447 e. The number of cyclic esters (lactones) is 1. The van der Waals surface area contributed by atoms with Crippen LogP contribution in [0.2, 0.25) is 0 Å². The summed E-state index contributed by atoms with van der Waals surface area (Å²) in [5.41, 5.74) is 2.75. The average molecular weight is 379 g/mol. The summed E-state index contributed by atoms with van der Waals surface area (Å²) in [4.78, 5) is 38.6. The lowest BCUT2D eigenvalue weighted by molar-refractivity contribution is -0.111. The van der Waals surface area contributed by atoms with E-state index in [9.17, 15) is 14.4 Å². The van der Waals surface area contributed by atoms with Crippen molar-refractivity contribution in [2.75, 3.05) is 37.5 Å². The summed E-state index contributed by atoms with van der Waals surface area (Å²) in [5.74, 6) is -0.347. The molecule has 3 rings (SSSR count). The van der Waals surface area contributed by atoms with Crippen LogP contribution in [-0.2, 0) is 9.53 Å². The van der Waals surface area contributed by atoms with Gasteiger partial charge in [0, 0.05) is 37.1 Å². The molecule has 7 nitrogen and oxygen atoms in total. The molecular weight excluding hydrogens is 358 g/mol. The second kappa shape index (κ2) is 8.39. The highest BCUT2D eigenvalue weighted by Crippen LogP contribution is 2.21. The van der Waals surface area contributed by atoms with E-state index in [-0.39, 0.29) is 17.9 Å². The second-order valence-corrected chi connectivity index (χ2v) is 6.46. The second-order valence-electron chi connectivity index (χ2n) is 6.46. The van der Waals surface area contributed by atoms with Gasteiger partial charge in [0.05, 0.1) is 6.54 Å². The van der Waals surface area contributed by atoms with Crippen molar-refractivity contribution in [1.82, 2.24) is 4.90 Å². The van der Waals surface area contributed by atoms with Crippen LogP contribution in [0.1, 0.15) is 15.9 Å². The normalized spacial score (nSPS) is 13.5. The Kier molecular flexibility index (Phi) is 5.74. The van der Waals surface area contributed by atoms with Gasteiger partial charge in [-0.15, -0.1) is 0 Å². The monoisotopic (exact) mass is 379 g/mol. The van der Waals surface area contributed by atoms with Crippen LogP contribution in [-0.4, -0.2) is 50.1 Å². The van der Waals surface area contributed by atoms with Crippen molar-refractivity contribution in [3.8, 4) is 0 Å². The highest BCUT2D eigenvalue weighted by Gasteiger charge is 2.23. The fourth-order valence-corrected chi connectivity index (χ4v) is 2.70. The molecule has 3 amide bonds. The Morgan fingerprint density at radius 1 is 1.07 bits per heavy atom. The molecule has 1 saturated heterocycles. The number of nitrogens with one attached hydrogen (secondary N) is 1. The smallest absolute Gasteiger partial charge is 0.414 e. The van der Waals surface area contributed by atoms with Crippen LogP contribution in [0.4, 0.5) is 16.2 Å². The number of rotatable bonds is 5. The van der Waals surface area contributed by atoms with E-state index < -0.39 is 0 Å². The largest absolute Gasteiger partial charge is 0.447 e. The Morgan fingerprint density at radius 2 is 1.75 bits per heavy atom. The van der Waals surface area contributed by atoms with Crippen LogP contribution in [0, 0.1) is 0 Å². The first kappa shape index (κ1) is 19.2. The Hall–Kier alpha value is -3.61. The zero-order valence-electron chi connectivity index (χ0n) is 15.7. The first-order chi connectivity index (χ1) is 13.4. The van der Waals surface area contributed by atoms with Crippen LogP contribution in [0.5, 0.6) is 0 Å². The molecule has 0 atom stereocenters. The summed E-state index contributed by atoms with van der Waals surface area (Å²) in [7, 11) is 3.40. The molecule has 0 saturated carbocycles. The zero-order valence-corrected chi connectivity index (χ0v) is 15.7. The molecule has 28 heavy (non-hydrogen) atoms. The molecule has 2 aromatic carbocycles. The molecule has 1 N–H and O–H groups in total. The van der Waals surface area contributed by atoms with Gasteiger partial charge in [0.25, 0.3) is 5.91 Å².